The molecule has 6 nitrogen and oxygen atoms in total. The standard InChI is InChI=1S/C13H17ClN2O4S/c1-9-8-10(14)5-6-11(9)15-21(19,20)16-7-3-2-4-12(16)13(17)18/h5-6,8,12,15H,2-4,7H2,1H3,(H,17,18). The van der Waals surface area contributed by atoms with Crippen LogP contribution in [0.4, 0.5) is 5.69 Å². The van der Waals surface area contributed by atoms with E-state index in [9.17, 15) is 18.3 Å². The Balaban J connectivity index is 2.26. The zero-order valence-electron chi connectivity index (χ0n) is 11.5. The van der Waals surface area contributed by atoms with E-state index in [-0.39, 0.29) is 6.54 Å². The molecule has 8 heteroatoms. The van der Waals surface area contributed by atoms with Crippen LogP contribution in [0.25, 0.3) is 0 Å². The molecule has 0 saturated carbocycles. The first-order chi connectivity index (χ1) is 9.81. The van der Waals surface area contributed by atoms with E-state index in [2.05, 4.69) is 4.72 Å². The van der Waals surface area contributed by atoms with Crippen LogP contribution in [0.2, 0.25) is 5.02 Å². The highest BCUT2D eigenvalue weighted by molar-refractivity contribution is 7.90. The van der Waals surface area contributed by atoms with E-state index in [1.54, 1.807) is 25.1 Å². The second kappa shape index (κ2) is 6.21. The first-order valence-corrected chi connectivity index (χ1v) is 8.41. The Morgan fingerprint density at radius 2 is 2.14 bits per heavy atom. The molecule has 21 heavy (non-hydrogen) atoms. The van der Waals surface area contributed by atoms with Crippen molar-refractivity contribution in [3.8, 4) is 0 Å². The fourth-order valence-corrected chi connectivity index (χ4v) is 4.13. The van der Waals surface area contributed by atoms with Gasteiger partial charge in [-0.2, -0.15) is 12.7 Å². The largest absolute Gasteiger partial charge is 0.480 e. The second-order valence-electron chi connectivity index (χ2n) is 5.03. The van der Waals surface area contributed by atoms with Gasteiger partial charge in [-0.3, -0.25) is 9.52 Å². The lowest BCUT2D eigenvalue weighted by Crippen LogP contribution is -2.50. The molecule has 1 aliphatic rings. The summed E-state index contributed by atoms with van der Waals surface area (Å²) in [5, 5.41) is 9.69. The Labute approximate surface area is 128 Å². The summed E-state index contributed by atoms with van der Waals surface area (Å²) in [6.07, 6.45) is 1.70. The van der Waals surface area contributed by atoms with Crippen LogP contribution in [0.15, 0.2) is 18.2 Å². The predicted octanol–water partition coefficient (Wildman–Crippen LogP) is 2.24. The number of carbonyl (C=O) groups is 1. The zero-order chi connectivity index (χ0) is 15.6. The molecule has 1 aromatic carbocycles. The molecule has 2 rings (SSSR count). The molecule has 0 aliphatic carbocycles. The smallest absolute Gasteiger partial charge is 0.322 e. The lowest BCUT2D eigenvalue weighted by molar-refractivity contribution is -0.142. The molecular weight excluding hydrogens is 316 g/mol. The number of carboxylic acids is 1. The maximum Gasteiger partial charge on any atom is 0.322 e. The molecule has 1 atom stereocenters. The van der Waals surface area contributed by atoms with Crippen molar-refractivity contribution in [3.05, 3.63) is 28.8 Å². The molecule has 1 aliphatic heterocycles. The summed E-state index contributed by atoms with van der Waals surface area (Å²) in [4.78, 5) is 11.2. The lowest BCUT2D eigenvalue weighted by Gasteiger charge is -2.32. The van der Waals surface area contributed by atoms with Crippen molar-refractivity contribution in [2.75, 3.05) is 11.3 Å². The summed E-state index contributed by atoms with van der Waals surface area (Å²) in [6.45, 7) is 1.94. The monoisotopic (exact) mass is 332 g/mol. The summed E-state index contributed by atoms with van der Waals surface area (Å²) < 4.78 is 28.3. The van der Waals surface area contributed by atoms with Crippen LogP contribution in [0, 0.1) is 6.92 Å². The third-order valence-corrected chi connectivity index (χ3v) is 5.24. The van der Waals surface area contributed by atoms with Crippen molar-refractivity contribution in [1.29, 1.82) is 0 Å². The fraction of sp³-hybridized carbons (Fsp3) is 0.462. The maximum atomic E-state index is 12.4. The summed E-state index contributed by atoms with van der Waals surface area (Å²) >= 11 is 5.84. The first kappa shape index (κ1) is 16.1. The van der Waals surface area contributed by atoms with Crippen molar-refractivity contribution in [1.82, 2.24) is 4.31 Å². The average molecular weight is 333 g/mol. The Kier molecular flexibility index (Phi) is 4.75. The van der Waals surface area contributed by atoms with Crippen LogP contribution in [-0.2, 0) is 15.0 Å². The molecule has 1 fully saturated rings. The minimum Gasteiger partial charge on any atom is -0.480 e. The molecule has 1 heterocycles. The van der Waals surface area contributed by atoms with Gasteiger partial charge in [0, 0.05) is 11.6 Å². The van der Waals surface area contributed by atoms with E-state index in [0.29, 0.717) is 35.5 Å². The molecule has 116 valence electrons. The minimum atomic E-state index is -3.91. The minimum absolute atomic E-state index is 0.207. The summed E-state index contributed by atoms with van der Waals surface area (Å²) in [7, 11) is -3.91. The predicted molar refractivity (Wildman–Crippen MR) is 80.7 cm³/mol. The maximum absolute atomic E-state index is 12.4. The quantitative estimate of drug-likeness (QED) is 0.885. The van der Waals surface area contributed by atoms with E-state index in [0.717, 1.165) is 4.31 Å². The highest BCUT2D eigenvalue weighted by Gasteiger charge is 2.36. The third-order valence-electron chi connectivity index (χ3n) is 3.47. The van der Waals surface area contributed by atoms with Crippen molar-refractivity contribution < 1.29 is 18.3 Å². The number of rotatable bonds is 4. The van der Waals surface area contributed by atoms with Gasteiger partial charge in [0.1, 0.15) is 6.04 Å². The summed E-state index contributed by atoms with van der Waals surface area (Å²) in [5.41, 5.74) is 1.07. The zero-order valence-corrected chi connectivity index (χ0v) is 13.1. The van der Waals surface area contributed by atoms with Crippen molar-refractivity contribution >= 4 is 33.5 Å². The first-order valence-electron chi connectivity index (χ1n) is 6.60. The van der Waals surface area contributed by atoms with E-state index >= 15 is 0 Å². The van der Waals surface area contributed by atoms with Crippen LogP contribution in [0.5, 0.6) is 0 Å². The number of carboxylic acid groups (broad SMARTS) is 1. The van der Waals surface area contributed by atoms with Crippen LogP contribution in [0.1, 0.15) is 24.8 Å². The molecule has 2 N–H and O–H groups in total. The molecule has 0 aromatic heterocycles. The number of hydrogen-bond acceptors (Lipinski definition) is 3. The number of halogens is 1. The Morgan fingerprint density at radius 3 is 2.76 bits per heavy atom. The van der Waals surface area contributed by atoms with Crippen molar-refractivity contribution in [2.45, 2.75) is 32.2 Å². The molecule has 1 aromatic rings. The molecular formula is C13H17ClN2O4S. The van der Waals surface area contributed by atoms with Gasteiger partial charge in [-0.05, 0) is 49.9 Å². The molecule has 1 saturated heterocycles. The highest BCUT2D eigenvalue weighted by Crippen LogP contribution is 2.25. The number of piperidine rings is 1. The Morgan fingerprint density at radius 1 is 1.43 bits per heavy atom. The third kappa shape index (κ3) is 3.66. The van der Waals surface area contributed by atoms with E-state index in [4.69, 9.17) is 11.6 Å². The van der Waals surface area contributed by atoms with Gasteiger partial charge in [0.15, 0.2) is 0 Å². The Hall–Kier alpha value is -1.31. The molecule has 0 radical (unpaired) electrons. The molecule has 0 amide bonds. The average Bonchev–Trinajstić information content (AvgIpc) is 2.42. The highest BCUT2D eigenvalue weighted by atomic mass is 35.5. The van der Waals surface area contributed by atoms with Gasteiger partial charge in [-0.25, -0.2) is 0 Å². The topological polar surface area (TPSA) is 86.7 Å². The van der Waals surface area contributed by atoms with Gasteiger partial charge < -0.3 is 5.11 Å². The van der Waals surface area contributed by atoms with Crippen molar-refractivity contribution in [3.63, 3.8) is 0 Å². The number of nitrogens with one attached hydrogen (secondary N) is 1. The van der Waals surface area contributed by atoms with Gasteiger partial charge in [0.05, 0.1) is 5.69 Å². The summed E-state index contributed by atoms with van der Waals surface area (Å²) in [5.74, 6) is -1.12. The number of hydrogen-bond donors (Lipinski definition) is 2. The number of aliphatic carboxylic acids is 1. The van der Waals surface area contributed by atoms with Crippen LogP contribution < -0.4 is 4.72 Å². The van der Waals surface area contributed by atoms with Gasteiger partial charge in [0.2, 0.25) is 0 Å². The van der Waals surface area contributed by atoms with Crippen LogP contribution >= 0.6 is 11.6 Å². The van der Waals surface area contributed by atoms with Gasteiger partial charge in [-0.1, -0.05) is 11.6 Å². The van der Waals surface area contributed by atoms with Crippen LogP contribution in [0.3, 0.4) is 0 Å². The number of anilines is 1. The second-order valence-corrected chi connectivity index (χ2v) is 7.09. The lowest BCUT2D eigenvalue weighted by atomic mass is 10.1. The number of aryl methyl sites for hydroxylation is 1. The molecule has 0 spiro atoms. The van der Waals surface area contributed by atoms with E-state index in [1.807, 2.05) is 0 Å². The van der Waals surface area contributed by atoms with E-state index in [1.165, 1.54) is 0 Å². The molecule has 0 bridgehead atoms. The number of nitrogens with zero attached hydrogens (tertiary/aromatic N) is 1. The normalized spacial score (nSPS) is 20.2. The molecule has 1 unspecified atom stereocenters. The van der Waals surface area contributed by atoms with Gasteiger partial charge >= 0.3 is 16.2 Å². The Bertz CT molecular complexity index is 648. The van der Waals surface area contributed by atoms with Crippen molar-refractivity contribution in [2.24, 2.45) is 0 Å². The fourth-order valence-electron chi connectivity index (χ4n) is 2.38. The SMILES string of the molecule is Cc1cc(Cl)ccc1NS(=O)(=O)N1CCCCC1C(=O)O. The number of benzene rings is 1. The van der Waals surface area contributed by atoms with E-state index < -0.39 is 22.2 Å². The summed E-state index contributed by atoms with van der Waals surface area (Å²) in [6, 6.07) is 3.78. The van der Waals surface area contributed by atoms with Gasteiger partial charge in [-0.15, -0.1) is 0 Å². The van der Waals surface area contributed by atoms with Crippen LogP contribution in [-0.4, -0.2) is 36.4 Å². The van der Waals surface area contributed by atoms with Gasteiger partial charge in [0.25, 0.3) is 0 Å².